The van der Waals surface area contributed by atoms with Crippen LogP contribution in [0.4, 0.5) is 27.8 Å². The third-order valence-corrected chi connectivity index (χ3v) is 3.64. The average molecular weight is 312 g/mol. The van der Waals surface area contributed by atoms with Gasteiger partial charge in [-0.1, -0.05) is 6.07 Å². The van der Waals surface area contributed by atoms with Crippen molar-refractivity contribution in [3.05, 3.63) is 54.5 Å². The zero-order valence-electron chi connectivity index (χ0n) is 13.2. The SMILES string of the molecule is CN(c1ccc(F)cc1)c1nnc(N(C)c2ccccn2)n1C. The van der Waals surface area contributed by atoms with Crippen LogP contribution in [0, 0.1) is 5.82 Å². The highest BCUT2D eigenvalue weighted by Gasteiger charge is 2.18. The van der Waals surface area contributed by atoms with Crippen molar-refractivity contribution in [2.75, 3.05) is 23.9 Å². The van der Waals surface area contributed by atoms with E-state index < -0.39 is 0 Å². The van der Waals surface area contributed by atoms with E-state index in [9.17, 15) is 4.39 Å². The molecule has 118 valence electrons. The van der Waals surface area contributed by atoms with E-state index in [1.54, 1.807) is 18.3 Å². The number of nitrogens with zero attached hydrogens (tertiary/aromatic N) is 6. The Balaban J connectivity index is 1.91. The van der Waals surface area contributed by atoms with Gasteiger partial charge in [0.2, 0.25) is 11.9 Å². The first-order valence-electron chi connectivity index (χ1n) is 7.11. The zero-order chi connectivity index (χ0) is 16.4. The first-order valence-corrected chi connectivity index (χ1v) is 7.11. The molecule has 0 N–H and O–H groups in total. The zero-order valence-corrected chi connectivity index (χ0v) is 13.2. The normalized spacial score (nSPS) is 10.6. The molecule has 23 heavy (non-hydrogen) atoms. The van der Waals surface area contributed by atoms with Crippen LogP contribution in [0.1, 0.15) is 0 Å². The fraction of sp³-hybridized carbons (Fsp3) is 0.188. The summed E-state index contributed by atoms with van der Waals surface area (Å²) in [4.78, 5) is 8.01. The summed E-state index contributed by atoms with van der Waals surface area (Å²) in [6.07, 6.45) is 1.73. The highest BCUT2D eigenvalue weighted by Crippen LogP contribution is 2.26. The molecule has 0 aliphatic rings. The summed E-state index contributed by atoms with van der Waals surface area (Å²) < 4.78 is 14.9. The van der Waals surface area contributed by atoms with Gasteiger partial charge in [0, 0.05) is 33.0 Å². The molecule has 0 saturated carbocycles. The lowest BCUT2D eigenvalue weighted by atomic mass is 10.3. The molecule has 7 heteroatoms. The number of halogens is 1. The van der Waals surface area contributed by atoms with Crippen LogP contribution in [0.3, 0.4) is 0 Å². The molecule has 0 spiro atoms. The molecule has 0 atom stereocenters. The molecular formula is C16H17FN6. The van der Waals surface area contributed by atoms with Crippen molar-refractivity contribution in [1.82, 2.24) is 19.7 Å². The minimum atomic E-state index is -0.268. The molecule has 0 unspecified atom stereocenters. The summed E-state index contributed by atoms with van der Waals surface area (Å²) in [5, 5.41) is 8.48. The van der Waals surface area contributed by atoms with Gasteiger partial charge in [0.25, 0.3) is 0 Å². The van der Waals surface area contributed by atoms with Gasteiger partial charge in [-0.15, -0.1) is 10.2 Å². The predicted molar refractivity (Wildman–Crippen MR) is 87.8 cm³/mol. The van der Waals surface area contributed by atoms with Crippen LogP contribution >= 0.6 is 0 Å². The molecule has 0 aliphatic heterocycles. The van der Waals surface area contributed by atoms with Crippen LogP contribution in [0.15, 0.2) is 48.7 Å². The summed E-state index contributed by atoms with van der Waals surface area (Å²) in [5.74, 6) is 1.82. The van der Waals surface area contributed by atoms with Crippen molar-refractivity contribution in [1.29, 1.82) is 0 Å². The minimum Gasteiger partial charge on any atom is -0.314 e. The topological polar surface area (TPSA) is 50.1 Å². The fourth-order valence-electron chi connectivity index (χ4n) is 2.33. The van der Waals surface area contributed by atoms with Gasteiger partial charge in [-0.25, -0.2) is 9.37 Å². The molecule has 2 heterocycles. The van der Waals surface area contributed by atoms with Crippen LogP contribution in [0.25, 0.3) is 0 Å². The molecule has 2 aromatic heterocycles. The van der Waals surface area contributed by atoms with E-state index in [0.717, 1.165) is 11.5 Å². The third-order valence-electron chi connectivity index (χ3n) is 3.64. The number of rotatable bonds is 4. The molecule has 0 fully saturated rings. The van der Waals surface area contributed by atoms with Crippen molar-refractivity contribution in [2.24, 2.45) is 7.05 Å². The van der Waals surface area contributed by atoms with Crippen LogP contribution in [-0.4, -0.2) is 33.8 Å². The summed E-state index contributed by atoms with van der Waals surface area (Å²) in [5.41, 5.74) is 0.828. The smallest absolute Gasteiger partial charge is 0.233 e. The Kier molecular flexibility index (Phi) is 3.92. The maximum absolute atomic E-state index is 13.1. The van der Waals surface area contributed by atoms with E-state index in [1.807, 2.05) is 53.7 Å². The van der Waals surface area contributed by atoms with Gasteiger partial charge in [-0.3, -0.25) is 9.47 Å². The maximum Gasteiger partial charge on any atom is 0.233 e. The summed E-state index contributed by atoms with van der Waals surface area (Å²) >= 11 is 0. The first-order chi connectivity index (χ1) is 11.1. The largest absolute Gasteiger partial charge is 0.314 e. The van der Waals surface area contributed by atoms with Crippen molar-refractivity contribution in [3.8, 4) is 0 Å². The monoisotopic (exact) mass is 312 g/mol. The molecule has 0 bridgehead atoms. The van der Waals surface area contributed by atoms with E-state index in [0.29, 0.717) is 11.9 Å². The molecule has 0 amide bonds. The van der Waals surface area contributed by atoms with E-state index >= 15 is 0 Å². The lowest BCUT2D eigenvalue weighted by Gasteiger charge is -2.20. The Morgan fingerprint density at radius 1 is 0.913 bits per heavy atom. The van der Waals surface area contributed by atoms with Gasteiger partial charge in [0.15, 0.2) is 0 Å². The number of pyridine rings is 1. The van der Waals surface area contributed by atoms with Gasteiger partial charge in [0.1, 0.15) is 11.6 Å². The maximum atomic E-state index is 13.1. The highest BCUT2D eigenvalue weighted by atomic mass is 19.1. The van der Waals surface area contributed by atoms with Crippen molar-refractivity contribution in [2.45, 2.75) is 0 Å². The number of hydrogen-bond donors (Lipinski definition) is 0. The summed E-state index contributed by atoms with van der Waals surface area (Å²) in [7, 11) is 5.62. The van der Waals surface area contributed by atoms with E-state index in [1.165, 1.54) is 12.1 Å². The number of hydrogen-bond acceptors (Lipinski definition) is 5. The number of aromatic nitrogens is 4. The number of anilines is 4. The van der Waals surface area contributed by atoms with Crippen LogP contribution < -0.4 is 9.80 Å². The Bertz CT molecular complexity index is 784. The van der Waals surface area contributed by atoms with Gasteiger partial charge in [-0.2, -0.15) is 0 Å². The van der Waals surface area contributed by atoms with E-state index in [-0.39, 0.29) is 5.82 Å². The molecule has 1 aromatic carbocycles. The van der Waals surface area contributed by atoms with Crippen molar-refractivity contribution >= 4 is 23.4 Å². The van der Waals surface area contributed by atoms with Crippen LogP contribution in [0.5, 0.6) is 0 Å². The van der Waals surface area contributed by atoms with Gasteiger partial charge < -0.3 is 4.90 Å². The molecule has 3 rings (SSSR count). The lowest BCUT2D eigenvalue weighted by Crippen LogP contribution is -2.18. The van der Waals surface area contributed by atoms with Crippen LogP contribution in [0.2, 0.25) is 0 Å². The molecule has 0 saturated heterocycles. The molecule has 3 aromatic rings. The Morgan fingerprint density at radius 3 is 2.17 bits per heavy atom. The molecule has 0 aliphatic carbocycles. The van der Waals surface area contributed by atoms with Crippen molar-refractivity contribution < 1.29 is 4.39 Å². The molecule has 0 radical (unpaired) electrons. The summed E-state index contributed by atoms with van der Waals surface area (Å²) in [6.45, 7) is 0. The number of benzene rings is 1. The molecular weight excluding hydrogens is 295 g/mol. The second kappa shape index (κ2) is 6.04. The predicted octanol–water partition coefficient (Wildman–Crippen LogP) is 2.89. The second-order valence-electron chi connectivity index (χ2n) is 5.14. The van der Waals surface area contributed by atoms with Crippen LogP contribution in [-0.2, 0) is 7.05 Å². The summed E-state index contributed by atoms with van der Waals surface area (Å²) in [6, 6.07) is 11.9. The standard InChI is InChI=1S/C16H17FN6/c1-21(13-9-7-12(17)8-10-13)15-19-20-16(23(15)3)22(2)14-6-4-5-11-18-14/h4-11H,1-3H3. The first kappa shape index (κ1) is 15.0. The highest BCUT2D eigenvalue weighted by molar-refractivity contribution is 5.60. The Labute approximate surface area is 133 Å². The minimum absolute atomic E-state index is 0.268. The van der Waals surface area contributed by atoms with E-state index in [2.05, 4.69) is 15.2 Å². The lowest BCUT2D eigenvalue weighted by molar-refractivity contribution is 0.628. The van der Waals surface area contributed by atoms with Gasteiger partial charge >= 0.3 is 0 Å². The van der Waals surface area contributed by atoms with Gasteiger partial charge in [-0.05, 0) is 36.4 Å². The quantitative estimate of drug-likeness (QED) is 0.741. The Hall–Kier alpha value is -2.96. The average Bonchev–Trinajstić information content (AvgIpc) is 2.96. The van der Waals surface area contributed by atoms with Gasteiger partial charge in [0.05, 0.1) is 0 Å². The Morgan fingerprint density at radius 2 is 1.57 bits per heavy atom. The fourth-order valence-corrected chi connectivity index (χ4v) is 2.33. The van der Waals surface area contributed by atoms with E-state index in [4.69, 9.17) is 0 Å². The second-order valence-corrected chi connectivity index (χ2v) is 5.14. The molecule has 6 nitrogen and oxygen atoms in total. The third kappa shape index (κ3) is 2.85. The van der Waals surface area contributed by atoms with Crippen molar-refractivity contribution in [3.63, 3.8) is 0 Å².